The van der Waals surface area contributed by atoms with E-state index in [2.05, 4.69) is 37.4 Å². The summed E-state index contributed by atoms with van der Waals surface area (Å²) in [7, 11) is 0. The normalized spacial score (nSPS) is 26.4. The maximum Gasteiger partial charge on any atom is 0.0391 e. The van der Waals surface area contributed by atoms with Crippen molar-refractivity contribution in [1.82, 2.24) is 0 Å². The summed E-state index contributed by atoms with van der Waals surface area (Å²) >= 11 is 0. The number of aryl methyl sites for hydroxylation is 1. The molecule has 2 heteroatoms. The molecule has 1 aliphatic heterocycles. The lowest BCUT2D eigenvalue weighted by atomic mass is 9.90. The number of anilines is 1. The van der Waals surface area contributed by atoms with Crippen LogP contribution in [0, 0.1) is 12.8 Å². The van der Waals surface area contributed by atoms with E-state index < -0.39 is 0 Å². The maximum atomic E-state index is 6.10. The van der Waals surface area contributed by atoms with Gasteiger partial charge in [-0.2, -0.15) is 0 Å². The number of hydrogen-bond acceptors (Lipinski definition) is 2. The fourth-order valence-corrected chi connectivity index (χ4v) is 1.82. The Balaban J connectivity index is 2.44. The first-order chi connectivity index (χ1) is 6.18. The van der Waals surface area contributed by atoms with Crippen LogP contribution in [0.2, 0.25) is 0 Å². The SMILES string of the molecule is Cc1ccc2c(c1)NCC(C)C2N. The van der Waals surface area contributed by atoms with E-state index in [0.29, 0.717) is 5.92 Å². The van der Waals surface area contributed by atoms with Crippen molar-refractivity contribution in [3.8, 4) is 0 Å². The number of benzene rings is 1. The van der Waals surface area contributed by atoms with Gasteiger partial charge in [0.05, 0.1) is 0 Å². The van der Waals surface area contributed by atoms with E-state index in [1.807, 2.05) is 0 Å². The van der Waals surface area contributed by atoms with Gasteiger partial charge in [-0.05, 0) is 30.0 Å². The third kappa shape index (κ3) is 1.42. The molecule has 3 N–H and O–H groups in total. The Labute approximate surface area is 79.1 Å². The van der Waals surface area contributed by atoms with E-state index in [1.165, 1.54) is 16.8 Å². The van der Waals surface area contributed by atoms with E-state index in [-0.39, 0.29) is 6.04 Å². The van der Waals surface area contributed by atoms with Crippen LogP contribution in [0.25, 0.3) is 0 Å². The lowest BCUT2D eigenvalue weighted by Crippen LogP contribution is -2.30. The highest BCUT2D eigenvalue weighted by Gasteiger charge is 2.22. The van der Waals surface area contributed by atoms with Gasteiger partial charge >= 0.3 is 0 Å². The lowest BCUT2D eigenvalue weighted by molar-refractivity contribution is 0.479. The first kappa shape index (κ1) is 8.57. The van der Waals surface area contributed by atoms with Crippen molar-refractivity contribution in [2.75, 3.05) is 11.9 Å². The van der Waals surface area contributed by atoms with Gasteiger partial charge in [-0.25, -0.2) is 0 Å². The van der Waals surface area contributed by atoms with E-state index in [0.717, 1.165) is 6.54 Å². The van der Waals surface area contributed by atoms with Gasteiger partial charge in [0.25, 0.3) is 0 Å². The molecule has 0 aliphatic carbocycles. The second-order valence-corrected chi connectivity index (χ2v) is 3.97. The standard InChI is InChI=1S/C11H16N2/c1-7-3-4-9-10(5-7)13-6-8(2)11(9)12/h3-5,8,11,13H,6,12H2,1-2H3. The Bertz CT molecular complexity index is 320. The molecule has 0 saturated carbocycles. The van der Waals surface area contributed by atoms with Crippen LogP contribution in [-0.4, -0.2) is 6.54 Å². The summed E-state index contributed by atoms with van der Waals surface area (Å²) in [5, 5.41) is 3.40. The van der Waals surface area contributed by atoms with Crippen LogP contribution in [0.5, 0.6) is 0 Å². The molecule has 0 aromatic heterocycles. The van der Waals surface area contributed by atoms with Crippen LogP contribution in [0.15, 0.2) is 18.2 Å². The van der Waals surface area contributed by atoms with Crippen LogP contribution >= 0.6 is 0 Å². The van der Waals surface area contributed by atoms with E-state index >= 15 is 0 Å². The molecule has 2 nitrogen and oxygen atoms in total. The Morgan fingerprint density at radius 1 is 1.46 bits per heavy atom. The Kier molecular flexibility index (Phi) is 2.00. The van der Waals surface area contributed by atoms with E-state index in [9.17, 15) is 0 Å². The summed E-state index contributed by atoms with van der Waals surface area (Å²) in [6.45, 7) is 5.27. The number of rotatable bonds is 0. The number of fused-ring (bicyclic) bond motifs is 1. The Hall–Kier alpha value is -1.02. The highest BCUT2D eigenvalue weighted by molar-refractivity contribution is 5.56. The van der Waals surface area contributed by atoms with Crippen LogP contribution in [-0.2, 0) is 0 Å². The van der Waals surface area contributed by atoms with Crippen molar-refractivity contribution in [2.24, 2.45) is 11.7 Å². The van der Waals surface area contributed by atoms with Gasteiger partial charge in [0.15, 0.2) is 0 Å². The average Bonchev–Trinajstić information content (AvgIpc) is 2.12. The second-order valence-electron chi connectivity index (χ2n) is 3.97. The smallest absolute Gasteiger partial charge is 0.0391 e. The zero-order valence-corrected chi connectivity index (χ0v) is 8.17. The molecule has 1 aromatic carbocycles. The Morgan fingerprint density at radius 2 is 2.23 bits per heavy atom. The molecule has 1 aromatic rings. The van der Waals surface area contributed by atoms with Crippen LogP contribution in [0.4, 0.5) is 5.69 Å². The fraction of sp³-hybridized carbons (Fsp3) is 0.455. The average molecular weight is 176 g/mol. The Morgan fingerprint density at radius 3 is 3.00 bits per heavy atom. The molecule has 1 aliphatic rings. The fourth-order valence-electron chi connectivity index (χ4n) is 1.82. The molecule has 2 rings (SSSR count). The molecule has 70 valence electrons. The summed E-state index contributed by atoms with van der Waals surface area (Å²) in [6, 6.07) is 6.62. The van der Waals surface area contributed by atoms with Crippen LogP contribution in [0.1, 0.15) is 24.1 Å². The van der Waals surface area contributed by atoms with Crippen molar-refractivity contribution in [3.63, 3.8) is 0 Å². The monoisotopic (exact) mass is 176 g/mol. The van der Waals surface area contributed by atoms with Crippen molar-refractivity contribution in [1.29, 1.82) is 0 Å². The molecule has 1 heterocycles. The van der Waals surface area contributed by atoms with Crippen molar-refractivity contribution < 1.29 is 0 Å². The second kappa shape index (κ2) is 3.04. The van der Waals surface area contributed by atoms with Gasteiger partial charge in [0, 0.05) is 18.3 Å². The van der Waals surface area contributed by atoms with Gasteiger partial charge in [-0.3, -0.25) is 0 Å². The third-order valence-corrected chi connectivity index (χ3v) is 2.80. The topological polar surface area (TPSA) is 38.0 Å². The summed E-state index contributed by atoms with van der Waals surface area (Å²) in [5.74, 6) is 0.523. The third-order valence-electron chi connectivity index (χ3n) is 2.80. The molecule has 13 heavy (non-hydrogen) atoms. The number of nitrogens with two attached hydrogens (primary N) is 1. The summed E-state index contributed by atoms with van der Waals surface area (Å²) in [6.07, 6.45) is 0. The minimum atomic E-state index is 0.192. The first-order valence-electron chi connectivity index (χ1n) is 4.78. The molecule has 0 amide bonds. The zero-order chi connectivity index (χ0) is 9.42. The van der Waals surface area contributed by atoms with Crippen molar-refractivity contribution in [2.45, 2.75) is 19.9 Å². The highest BCUT2D eigenvalue weighted by atomic mass is 14.9. The van der Waals surface area contributed by atoms with Crippen molar-refractivity contribution in [3.05, 3.63) is 29.3 Å². The van der Waals surface area contributed by atoms with Crippen LogP contribution < -0.4 is 11.1 Å². The van der Waals surface area contributed by atoms with Crippen LogP contribution in [0.3, 0.4) is 0 Å². The predicted octanol–water partition coefficient (Wildman–Crippen LogP) is 2.06. The molecule has 0 fully saturated rings. The molecule has 0 saturated heterocycles. The predicted molar refractivity (Wildman–Crippen MR) is 55.8 cm³/mol. The summed E-state index contributed by atoms with van der Waals surface area (Å²) < 4.78 is 0. The molecule has 0 radical (unpaired) electrons. The molecule has 2 atom stereocenters. The summed E-state index contributed by atoms with van der Waals surface area (Å²) in [4.78, 5) is 0. The van der Waals surface area contributed by atoms with Gasteiger partial charge < -0.3 is 11.1 Å². The van der Waals surface area contributed by atoms with E-state index in [4.69, 9.17) is 5.73 Å². The van der Waals surface area contributed by atoms with E-state index in [1.54, 1.807) is 0 Å². The first-order valence-corrected chi connectivity index (χ1v) is 4.78. The van der Waals surface area contributed by atoms with Crippen molar-refractivity contribution >= 4 is 5.69 Å². The molecular formula is C11H16N2. The summed E-state index contributed by atoms with van der Waals surface area (Å²) in [5.41, 5.74) is 9.85. The number of hydrogen-bond donors (Lipinski definition) is 2. The zero-order valence-electron chi connectivity index (χ0n) is 8.17. The quantitative estimate of drug-likeness (QED) is 0.635. The maximum absolute atomic E-state index is 6.10. The van der Waals surface area contributed by atoms with Gasteiger partial charge in [0.2, 0.25) is 0 Å². The van der Waals surface area contributed by atoms with Gasteiger partial charge in [0.1, 0.15) is 0 Å². The lowest BCUT2D eigenvalue weighted by Gasteiger charge is -2.29. The molecule has 2 unspecified atom stereocenters. The minimum Gasteiger partial charge on any atom is -0.384 e. The molecule has 0 bridgehead atoms. The highest BCUT2D eigenvalue weighted by Crippen LogP contribution is 2.31. The van der Waals surface area contributed by atoms with Gasteiger partial charge in [-0.15, -0.1) is 0 Å². The number of nitrogens with one attached hydrogen (secondary N) is 1. The van der Waals surface area contributed by atoms with Gasteiger partial charge in [-0.1, -0.05) is 19.1 Å². The minimum absolute atomic E-state index is 0.192. The molecular weight excluding hydrogens is 160 g/mol. The largest absolute Gasteiger partial charge is 0.384 e. The molecule has 0 spiro atoms.